The maximum absolute atomic E-state index is 12.5. The van der Waals surface area contributed by atoms with Crippen LogP contribution in [0, 0.1) is 0 Å². The molecule has 126 valence electrons. The molecule has 2 saturated heterocycles. The number of likely N-dealkylation sites (tertiary alicyclic amines) is 1. The summed E-state index contributed by atoms with van der Waals surface area (Å²) in [7, 11) is 0. The van der Waals surface area contributed by atoms with Crippen LogP contribution in [-0.2, 0) is 6.42 Å². The Hall–Kier alpha value is -0.820. The monoisotopic (exact) mass is 350 g/mol. The average molecular weight is 351 g/mol. The largest absolute Gasteiger partial charge is 0.448 e. The smallest absolute Gasteiger partial charge is 0.276 e. The van der Waals surface area contributed by atoms with E-state index >= 15 is 0 Å². The van der Waals surface area contributed by atoms with Crippen molar-refractivity contribution < 1.29 is 9.21 Å². The number of rotatable bonds is 3. The van der Waals surface area contributed by atoms with E-state index in [1.54, 1.807) is 0 Å². The van der Waals surface area contributed by atoms with Crippen LogP contribution in [0.5, 0.6) is 0 Å². The number of hydrogen-bond donors (Lipinski definition) is 1. The maximum Gasteiger partial charge on any atom is 0.276 e. The van der Waals surface area contributed by atoms with E-state index in [9.17, 15) is 4.79 Å². The SMILES string of the molecule is CCc1ocnc1C(=O)N1CCC(N2CCNCC2)C1.Cl.Cl. The van der Waals surface area contributed by atoms with Crippen molar-refractivity contribution in [3.05, 3.63) is 17.8 Å². The standard InChI is InChI=1S/C14H22N4O2.2ClH/c1-2-12-13(16-10-20-12)14(19)18-6-3-11(9-18)17-7-4-15-5-8-17;;/h10-11,15H,2-9H2,1H3;2*1H. The van der Waals surface area contributed by atoms with Crippen LogP contribution in [0.1, 0.15) is 29.6 Å². The van der Waals surface area contributed by atoms with Gasteiger partial charge in [-0.3, -0.25) is 9.69 Å². The molecule has 1 atom stereocenters. The van der Waals surface area contributed by atoms with Crippen LogP contribution in [0.4, 0.5) is 0 Å². The summed E-state index contributed by atoms with van der Waals surface area (Å²) >= 11 is 0. The van der Waals surface area contributed by atoms with Crippen molar-refractivity contribution >= 4 is 30.7 Å². The molecule has 2 fully saturated rings. The summed E-state index contributed by atoms with van der Waals surface area (Å²) in [5.41, 5.74) is 0.494. The number of aryl methyl sites for hydroxylation is 1. The van der Waals surface area contributed by atoms with E-state index in [1.165, 1.54) is 6.39 Å². The summed E-state index contributed by atoms with van der Waals surface area (Å²) in [5, 5.41) is 3.36. The number of carbonyl (C=O) groups is 1. The molecular weight excluding hydrogens is 327 g/mol. The minimum Gasteiger partial charge on any atom is -0.448 e. The van der Waals surface area contributed by atoms with Crippen molar-refractivity contribution in [3.63, 3.8) is 0 Å². The summed E-state index contributed by atoms with van der Waals surface area (Å²) in [5.74, 6) is 0.717. The lowest BCUT2D eigenvalue weighted by Crippen LogP contribution is -2.49. The fourth-order valence-electron chi connectivity index (χ4n) is 3.12. The van der Waals surface area contributed by atoms with E-state index in [2.05, 4.69) is 15.2 Å². The lowest BCUT2D eigenvalue weighted by atomic mass is 10.2. The van der Waals surface area contributed by atoms with Crippen molar-refractivity contribution in [2.75, 3.05) is 39.3 Å². The number of nitrogens with one attached hydrogen (secondary N) is 1. The number of carbonyl (C=O) groups excluding carboxylic acids is 1. The molecule has 3 rings (SSSR count). The zero-order chi connectivity index (χ0) is 13.9. The first-order valence-corrected chi connectivity index (χ1v) is 7.46. The summed E-state index contributed by atoms with van der Waals surface area (Å²) in [6.07, 6.45) is 3.14. The fraction of sp³-hybridized carbons (Fsp3) is 0.714. The van der Waals surface area contributed by atoms with Gasteiger partial charge >= 0.3 is 0 Å². The molecule has 1 aromatic rings. The second-order valence-electron chi connectivity index (χ2n) is 5.46. The molecule has 2 aliphatic heterocycles. The Labute approximate surface area is 143 Å². The summed E-state index contributed by atoms with van der Waals surface area (Å²) < 4.78 is 5.26. The van der Waals surface area contributed by atoms with Crippen molar-refractivity contribution in [3.8, 4) is 0 Å². The van der Waals surface area contributed by atoms with Crippen LogP contribution in [0.3, 0.4) is 0 Å². The normalized spacial score (nSPS) is 22.0. The third-order valence-corrected chi connectivity index (χ3v) is 4.28. The molecule has 3 heterocycles. The van der Waals surface area contributed by atoms with Gasteiger partial charge in [-0.2, -0.15) is 0 Å². The van der Waals surface area contributed by atoms with Gasteiger partial charge in [-0.05, 0) is 6.42 Å². The van der Waals surface area contributed by atoms with Gasteiger partial charge in [0, 0.05) is 51.7 Å². The fourth-order valence-corrected chi connectivity index (χ4v) is 3.12. The molecule has 1 aromatic heterocycles. The van der Waals surface area contributed by atoms with Crippen LogP contribution < -0.4 is 5.32 Å². The zero-order valence-electron chi connectivity index (χ0n) is 12.8. The highest BCUT2D eigenvalue weighted by Crippen LogP contribution is 2.19. The van der Waals surface area contributed by atoms with Crippen LogP contribution in [0.25, 0.3) is 0 Å². The predicted molar refractivity (Wildman–Crippen MR) is 89.1 cm³/mol. The second-order valence-corrected chi connectivity index (χ2v) is 5.46. The zero-order valence-corrected chi connectivity index (χ0v) is 14.4. The van der Waals surface area contributed by atoms with Gasteiger partial charge in [-0.15, -0.1) is 24.8 Å². The van der Waals surface area contributed by atoms with E-state index in [-0.39, 0.29) is 30.7 Å². The number of aromatic nitrogens is 1. The predicted octanol–water partition coefficient (Wildman–Crippen LogP) is 1.20. The van der Waals surface area contributed by atoms with Crippen molar-refractivity contribution in [2.45, 2.75) is 25.8 Å². The molecule has 0 bridgehead atoms. The minimum atomic E-state index is 0. The molecule has 0 aromatic carbocycles. The molecule has 1 unspecified atom stereocenters. The van der Waals surface area contributed by atoms with Crippen molar-refractivity contribution in [1.82, 2.24) is 20.1 Å². The quantitative estimate of drug-likeness (QED) is 0.887. The molecule has 1 amide bonds. The summed E-state index contributed by atoms with van der Waals surface area (Å²) in [6.45, 7) is 7.87. The Bertz CT molecular complexity index is 477. The van der Waals surface area contributed by atoms with E-state index in [4.69, 9.17) is 4.42 Å². The molecule has 22 heavy (non-hydrogen) atoms. The highest BCUT2D eigenvalue weighted by Gasteiger charge is 2.32. The Morgan fingerprint density at radius 2 is 2.09 bits per heavy atom. The van der Waals surface area contributed by atoms with Gasteiger partial charge in [-0.25, -0.2) is 4.98 Å². The van der Waals surface area contributed by atoms with E-state index in [0.717, 1.165) is 45.7 Å². The highest BCUT2D eigenvalue weighted by atomic mass is 35.5. The maximum atomic E-state index is 12.5. The molecule has 0 spiro atoms. The molecule has 0 radical (unpaired) electrons. The third kappa shape index (κ3) is 3.93. The number of nitrogens with zero attached hydrogens (tertiary/aromatic N) is 3. The van der Waals surface area contributed by atoms with Crippen molar-refractivity contribution in [1.29, 1.82) is 0 Å². The number of piperazine rings is 1. The van der Waals surface area contributed by atoms with Gasteiger partial charge in [0.2, 0.25) is 0 Å². The van der Waals surface area contributed by atoms with E-state index < -0.39 is 0 Å². The minimum absolute atomic E-state index is 0. The first-order chi connectivity index (χ1) is 9.79. The Kier molecular flexibility index (Phi) is 7.62. The van der Waals surface area contributed by atoms with Gasteiger partial charge in [0.05, 0.1) is 0 Å². The first kappa shape index (κ1) is 19.2. The van der Waals surface area contributed by atoms with E-state index in [1.807, 2.05) is 11.8 Å². The second kappa shape index (κ2) is 8.72. The Balaban J connectivity index is 0.00000121. The van der Waals surface area contributed by atoms with Gasteiger partial charge in [0.15, 0.2) is 12.1 Å². The topological polar surface area (TPSA) is 61.6 Å². The lowest BCUT2D eigenvalue weighted by Gasteiger charge is -2.32. The van der Waals surface area contributed by atoms with Crippen LogP contribution >= 0.6 is 24.8 Å². The molecule has 8 heteroatoms. The van der Waals surface area contributed by atoms with Crippen LogP contribution in [-0.4, -0.2) is 66.0 Å². The first-order valence-electron chi connectivity index (χ1n) is 7.46. The average Bonchev–Trinajstić information content (AvgIpc) is 3.16. The van der Waals surface area contributed by atoms with Gasteiger partial charge < -0.3 is 14.6 Å². The third-order valence-electron chi connectivity index (χ3n) is 4.28. The van der Waals surface area contributed by atoms with Gasteiger partial charge in [0.1, 0.15) is 5.76 Å². The molecule has 0 aliphatic carbocycles. The number of halogens is 2. The number of oxazole rings is 1. The van der Waals surface area contributed by atoms with Crippen molar-refractivity contribution in [2.24, 2.45) is 0 Å². The van der Waals surface area contributed by atoms with Crippen LogP contribution in [0.2, 0.25) is 0 Å². The lowest BCUT2D eigenvalue weighted by molar-refractivity contribution is 0.0766. The Morgan fingerprint density at radius 3 is 2.77 bits per heavy atom. The molecule has 2 aliphatic rings. The Morgan fingerprint density at radius 1 is 1.36 bits per heavy atom. The molecule has 0 saturated carbocycles. The molecule has 6 nitrogen and oxygen atoms in total. The highest BCUT2D eigenvalue weighted by molar-refractivity contribution is 5.93. The van der Waals surface area contributed by atoms with Gasteiger partial charge in [-0.1, -0.05) is 6.92 Å². The van der Waals surface area contributed by atoms with Gasteiger partial charge in [0.25, 0.3) is 5.91 Å². The molecule has 1 N–H and O–H groups in total. The summed E-state index contributed by atoms with van der Waals surface area (Å²) in [4.78, 5) is 21.0. The number of amides is 1. The van der Waals surface area contributed by atoms with E-state index in [0.29, 0.717) is 23.9 Å². The number of hydrogen-bond acceptors (Lipinski definition) is 5. The molecular formula is C14H24Cl2N4O2. The van der Waals surface area contributed by atoms with Crippen LogP contribution in [0.15, 0.2) is 10.8 Å². The summed E-state index contributed by atoms with van der Waals surface area (Å²) in [6, 6.07) is 0.498.